The molecule has 1 amide bonds. The lowest BCUT2D eigenvalue weighted by atomic mass is 10.1. The van der Waals surface area contributed by atoms with E-state index in [2.05, 4.69) is 20.3 Å². The van der Waals surface area contributed by atoms with E-state index >= 15 is 0 Å². The van der Waals surface area contributed by atoms with Gasteiger partial charge < -0.3 is 19.7 Å². The maximum atomic E-state index is 14.0. The van der Waals surface area contributed by atoms with E-state index in [0.29, 0.717) is 36.7 Å². The van der Waals surface area contributed by atoms with Crippen LogP contribution >= 0.6 is 0 Å². The third-order valence-electron chi connectivity index (χ3n) is 5.92. The smallest absolute Gasteiger partial charge is 0.419 e. The number of alkyl halides is 3. The van der Waals surface area contributed by atoms with Crippen molar-refractivity contribution in [2.24, 2.45) is 0 Å². The Hall–Kier alpha value is -3.90. The summed E-state index contributed by atoms with van der Waals surface area (Å²) in [7, 11) is 1.17. The number of likely N-dealkylation sites (tertiary alicyclic amines) is 1. The van der Waals surface area contributed by atoms with E-state index in [1.165, 1.54) is 13.3 Å². The molecule has 0 spiro atoms. The number of nitrogens with zero attached hydrogens (tertiary/aromatic N) is 5. The van der Waals surface area contributed by atoms with Crippen LogP contribution in [0.25, 0.3) is 22.3 Å². The molecule has 0 radical (unpaired) electrons. The number of fused-ring (bicyclic) bond motifs is 1. The maximum absolute atomic E-state index is 14.0. The van der Waals surface area contributed by atoms with Crippen molar-refractivity contribution in [3.05, 3.63) is 35.8 Å². The Labute approximate surface area is 217 Å². The number of anilines is 1. The fourth-order valence-electron chi connectivity index (χ4n) is 4.26. The quantitative estimate of drug-likeness (QED) is 0.485. The van der Waals surface area contributed by atoms with Crippen molar-refractivity contribution in [1.82, 2.24) is 24.4 Å². The van der Waals surface area contributed by atoms with Gasteiger partial charge in [0.05, 0.1) is 12.8 Å². The summed E-state index contributed by atoms with van der Waals surface area (Å²) in [6, 6.07) is 2.91. The van der Waals surface area contributed by atoms with E-state index in [1.54, 1.807) is 44.7 Å². The molecular formula is C25H29F3N6O4. The predicted molar refractivity (Wildman–Crippen MR) is 133 cm³/mol. The van der Waals surface area contributed by atoms with E-state index in [9.17, 15) is 22.8 Å². The molecule has 10 nitrogen and oxygen atoms in total. The molecule has 204 valence electrons. The molecular weight excluding hydrogens is 505 g/mol. The van der Waals surface area contributed by atoms with E-state index in [4.69, 9.17) is 9.47 Å². The van der Waals surface area contributed by atoms with Crippen molar-refractivity contribution in [3.63, 3.8) is 0 Å². The van der Waals surface area contributed by atoms with Crippen LogP contribution in [-0.4, -0.2) is 68.4 Å². The number of amides is 1. The number of carbonyl (C=O) groups is 2. The summed E-state index contributed by atoms with van der Waals surface area (Å²) in [5.41, 5.74) is -1.36. The van der Waals surface area contributed by atoms with E-state index in [-0.39, 0.29) is 29.7 Å². The molecule has 13 heteroatoms. The van der Waals surface area contributed by atoms with Crippen LogP contribution in [0.2, 0.25) is 0 Å². The van der Waals surface area contributed by atoms with Gasteiger partial charge in [0, 0.05) is 48.2 Å². The van der Waals surface area contributed by atoms with Crippen LogP contribution in [0.1, 0.15) is 44.9 Å². The summed E-state index contributed by atoms with van der Waals surface area (Å²) in [6.07, 6.45) is -2.76. The van der Waals surface area contributed by atoms with Crippen LogP contribution < -0.4 is 5.32 Å². The third kappa shape index (κ3) is 5.81. The monoisotopic (exact) mass is 534 g/mol. The highest BCUT2D eigenvalue weighted by atomic mass is 19.4. The molecule has 3 aromatic heterocycles. The number of pyridine rings is 1. The van der Waals surface area contributed by atoms with Crippen molar-refractivity contribution >= 4 is 29.2 Å². The third-order valence-corrected chi connectivity index (χ3v) is 5.92. The molecule has 0 unspecified atom stereocenters. The van der Waals surface area contributed by atoms with Crippen LogP contribution in [0, 0.1) is 6.92 Å². The second kappa shape index (κ2) is 10.1. The first-order chi connectivity index (χ1) is 17.8. The number of hydrogen-bond acceptors (Lipinski definition) is 8. The first-order valence-corrected chi connectivity index (χ1v) is 12.0. The summed E-state index contributed by atoms with van der Waals surface area (Å²) >= 11 is 0. The number of halogens is 3. The molecule has 0 aromatic carbocycles. The van der Waals surface area contributed by atoms with Gasteiger partial charge in [0.2, 0.25) is 5.95 Å². The minimum absolute atomic E-state index is 0.0388. The largest absolute Gasteiger partial charge is 0.452 e. The minimum Gasteiger partial charge on any atom is -0.452 e. The topological polar surface area (TPSA) is 111 Å². The van der Waals surface area contributed by atoms with Gasteiger partial charge in [-0.3, -0.25) is 0 Å². The number of nitrogens with one attached hydrogen (secondary N) is 1. The standard InChI is InChI=1S/C25H29F3N6O4/c1-14-8-9-16-17(13-34(20(16)30-14)23(36)37-5)19-18(25(26,27)28)11-29-21(32-19)31-15-7-6-10-33(12-15)22(35)38-24(2,3)4/h8-9,11,13,15H,6-7,10,12H2,1-5H3,(H,29,31,32)/t15-/m0/s1. The Morgan fingerprint density at radius 3 is 2.53 bits per heavy atom. The highest BCUT2D eigenvalue weighted by Crippen LogP contribution is 2.39. The Kier molecular flexibility index (Phi) is 7.22. The lowest BCUT2D eigenvalue weighted by Crippen LogP contribution is -2.47. The molecule has 1 saturated heterocycles. The zero-order valence-electron chi connectivity index (χ0n) is 21.7. The lowest BCUT2D eigenvalue weighted by Gasteiger charge is -2.34. The van der Waals surface area contributed by atoms with Gasteiger partial charge in [0.1, 0.15) is 16.8 Å². The fraction of sp³-hybridized carbons (Fsp3) is 0.480. The van der Waals surface area contributed by atoms with Crippen LogP contribution in [0.3, 0.4) is 0 Å². The summed E-state index contributed by atoms with van der Waals surface area (Å²) in [6.45, 7) is 7.81. The molecule has 0 saturated carbocycles. The number of piperidine rings is 1. The number of hydrogen-bond donors (Lipinski definition) is 1. The molecule has 4 rings (SSSR count). The Bertz CT molecular complexity index is 1370. The molecule has 1 fully saturated rings. The van der Waals surface area contributed by atoms with Gasteiger partial charge in [-0.1, -0.05) is 0 Å². The highest BCUT2D eigenvalue weighted by molar-refractivity contribution is 5.98. The summed E-state index contributed by atoms with van der Waals surface area (Å²) < 4.78 is 53.3. The SMILES string of the molecule is COC(=O)n1cc(-c2nc(N[C@H]3CCCN(C(=O)OC(C)(C)C)C3)ncc2C(F)(F)F)c2ccc(C)nc21. The van der Waals surface area contributed by atoms with E-state index in [1.807, 2.05) is 0 Å². The van der Waals surface area contributed by atoms with Gasteiger partial charge in [-0.2, -0.15) is 13.2 Å². The molecule has 1 atom stereocenters. The van der Waals surface area contributed by atoms with Crippen LogP contribution in [-0.2, 0) is 15.7 Å². The highest BCUT2D eigenvalue weighted by Gasteiger charge is 2.37. The van der Waals surface area contributed by atoms with Gasteiger partial charge in [0.25, 0.3) is 0 Å². The zero-order chi connectivity index (χ0) is 27.8. The van der Waals surface area contributed by atoms with Crippen molar-refractivity contribution in [1.29, 1.82) is 0 Å². The average molecular weight is 535 g/mol. The Morgan fingerprint density at radius 2 is 1.87 bits per heavy atom. The van der Waals surface area contributed by atoms with Gasteiger partial charge in [0.15, 0.2) is 0 Å². The van der Waals surface area contributed by atoms with Crippen molar-refractivity contribution in [3.8, 4) is 11.3 Å². The average Bonchev–Trinajstić information content (AvgIpc) is 3.20. The summed E-state index contributed by atoms with van der Waals surface area (Å²) in [5, 5.41) is 3.36. The number of aromatic nitrogens is 4. The molecule has 1 aliphatic heterocycles. The lowest BCUT2D eigenvalue weighted by molar-refractivity contribution is -0.137. The van der Waals surface area contributed by atoms with Crippen LogP contribution in [0.4, 0.5) is 28.7 Å². The normalized spacial score (nSPS) is 16.4. The Morgan fingerprint density at radius 1 is 1.13 bits per heavy atom. The van der Waals surface area contributed by atoms with Gasteiger partial charge >= 0.3 is 18.4 Å². The summed E-state index contributed by atoms with van der Waals surface area (Å²) in [4.78, 5) is 38.9. The first-order valence-electron chi connectivity index (χ1n) is 12.0. The number of rotatable bonds is 3. The second-order valence-corrected chi connectivity index (χ2v) is 10.1. The molecule has 0 bridgehead atoms. The molecule has 0 aliphatic carbocycles. The Balaban J connectivity index is 1.71. The van der Waals surface area contributed by atoms with Crippen molar-refractivity contribution in [2.75, 3.05) is 25.5 Å². The molecule has 1 aliphatic rings. The summed E-state index contributed by atoms with van der Waals surface area (Å²) in [5.74, 6) is -0.0388. The number of aryl methyl sites for hydroxylation is 1. The maximum Gasteiger partial charge on any atom is 0.419 e. The fourth-order valence-corrected chi connectivity index (χ4v) is 4.26. The first kappa shape index (κ1) is 27.1. The van der Waals surface area contributed by atoms with Crippen molar-refractivity contribution in [2.45, 2.75) is 58.4 Å². The number of methoxy groups -OCH3 is 1. The van der Waals surface area contributed by atoms with Crippen LogP contribution in [0.5, 0.6) is 0 Å². The van der Waals surface area contributed by atoms with E-state index < -0.39 is 35.2 Å². The van der Waals surface area contributed by atoms with Crippen LogP contribution in [0.15, 0.2) is 24.5 Å². The minimum atomic E-state index is -4.76. The van der Waals surface area contributed by atoms with Gasteiger partial charge in [-0.25, -0.2) is 29.1 Å². The number of ether oxygens (including phenoxy) is 2. The molecule has 4 heterocycles. The van der Waals surface area contributed by atoms with Gasteiger partial charge in [-0.15, -0.1) is 0 Å². The molecule has 38 heavy (non-hydrogen) atoms. The predicted octanol–water partition coefficient (Wildman–Crippen LogP) is 5.25. The zero-order valence-corrected chi connectivity index (χ0v) is 21.7. The molecule has 1 N–H and O–H groups in total. The molecule has 3 aromatic rings. The number of carbonyl (C=O) groups excluding carboxylic acids is 2. The van der Waals surface area contributed by atoms with Gasteiger partial charge in [-0.05, 0) is 52.7 Å². The second-order valence-electron chi connectivity index (χ2n) is 10.1. The van der Waals surface area contributed by atoms with Crippen molar-refractivity contribution < 1.29 is 32.2 Å². The van der Waals surface area contributed by atoms with E-state index in [0.717, 1.165) is 4.57 Å².